The second-order valence-electron chi connectivity index (χ2n) is 6.22. The Balaban J connectivity index is 1.76. The van der Waals surface area contributed by atoms with Crippen LogP contribution < -0.4 is 10.6 Å². The number of hydrogen-bond acceptors (Lipinski definition) is 2. The smallest absolute Gasteiger partial charge is 0.230 e. The Labute approximate surface area is 121 Å². The number of fused-ring (bicyclic) bond motifs is 1. The van der Waals surface area contributed by atoms with E-state index in [0.29, 0.717) is 23.7 Å². The fourth-order valence-electron chi connectivity index (χ4n) is 3.78. The van der Waals surface area contributed by atoms with Gasteiger partial charge >= 0.3 is 0 Å². The molecule has 2 aliphatic rings. The molecule has 2 atom stereocenters. The van der Waals surface area contributed by atoms with Crippen LogP contribution in [0.3, 0.4) is 0 Å². The van der Waals surface area contributed by atoms with Crippen molar-refractivity contribution in [2.45, 2.75) is 39.0 Å². The maximum Gasteiger partial charge on any atom is 0.230 e. The third-order valence-electron chi connectivity index (χ3n) is 4.86. The summed E-state index contributed by atoms with van der Waals surface area (Å²) in [4.78, 5) is 14.8. The van der Waals surface area contributed by atoms with Crippen LogP contribution in [0.5, 0.6) is 0 Å². The van der Waals surface area contributed by atoms with Crippen molar-refractivity contribution in [3.05, 3.63) is 24.3 Å². The van der Waals surface area contributed by atoms with Gasteiger partial charge in [0.2, 0.25) is 5.91 Å². The summed E-state index contributed by atoms with van der Waals surface area (Å²) in [5.74, 6) is 1.98. The fourth-order valence-corrected chi connectivity index (χ4v) is 3.78. The first kappa shape index (κ1) is 13.5. The first-order valence-corrected chi connectivity index (χ1v) is 7.89. The van der Waals surface area contributed by atoms with Crippen LogP contribution in [0.25, 0.3) is 0 Å². The van der Waals surface area contributed by atoms with Crippen LogP contribution >= 0.6 is 0 Å². The lowest BCUT2D eigenvalue weighted by molar-refractivity contribution is -0.120. The van der Waals surface area contributed by atoms with Gasteiger partial charge in [-0.25, -0.2) is 0 Å². The summed E-state index contributed by atoms with van der Waals surface area (Å²) in [5.41, 5.74) is 7.48. The Bertz CT molecular complexity index is 470. The summed E-state index contributed by atoms with van der Waals surface area (Å²) in [7, 11) is 0. The number of hydrogen-bond donors (Lipinski definition) is 1. The van der Waals surface area contributed by atoms with E-state index in [-0.39, 0.29) is 0 Å². The minimum Gasteiger partial charge on any atom is -0.399 e. The number of carbonyl (C=O) groups is 1. The highest BCUT2D eigenvalue weighted by atomic mass is 16.2. The predicted molar refractivity (Wildman–Crippen MR) is 82.4 cm³/mol. The minimum absolute atomic E-state index is 0.293. The quantitative estimate of drug-likeness (QED) is 0.853. The zero-order valence-corrected chi connectivity index (χ0v) is 12.2. The van der Waals surface area contributed by atoms with Gasteiger partial charge in [-0.2, -0.15) is 0 Å². The molecule has 108 valence electrons. The van der Waals surface area contributed by atoms with E-state index in [1.54, 1.807) is 0 Å². The summed E-state index contributed by atoms with van der Waals surface area (Å²) in [6.07, 6.45) is 6.10. The Morgan fingerprint density at radius 2 is 1.80 bits per heavy atom. The number of nitrogen functional groups attached to an aromatic ring is 1. The highest BCUT2D eigenvalue weighted by molar-refractivity contribution is 5.97. The number of rotatable bonds is 4. The Morgan fingerprint density at radius 3 is 2.35 bits per heavy atom. The largest absolute Gasteiger partial charge is 0.399 e. The van der Waals surface area contributed by atoms with E-state index < -0.39 is 0 Å². The topological polar surface area (TPSA) is 46.3 Å². The Morgan fingerprint density at radius 1 is 1.20 bits per heavy atom. The fraction of sp³-hybridized carbons (Fsp3) is 0.588. The maximum absolute atomic E-state index is 12.8. The molecule has 2 aliphatic carbocycles. The molecule has 0 saturated heterocycles. The molecule has 2 unspecified atom stereocenters. The lowest BCUT2D eigenvalue weighted by Gasteiger charge is -2.23. The molecule has 0 radical (unpaired) electrons. The van der Waals surface area contributed by atoms with Crippen LogP contribution in [-0.2, 0) is 4.79 Å². The van der Waals surface area contributed by atoms with Crippen LogP contribution in [-0.4, -0.2) is 12.5 Å². The third-order valence-corrected chi connectivity index (χ3v) is 4.86. The molecule has 2 fully saturated rings. The van der Waals surface area contributed by atoms with Gasteiger partial charge in [0, 0.05) is 23.8 Å². The van der Waals surface area contributed by atoms with Crippen molar-refractivity contribution in [3.63, 3.8) is 0 Å². The zero-order valence-electron chi connectivity index (χ0n) is 12.2. The molecule has 0 spiro atoms. The molecular weight excluding hydrogens is 248 g/mol. The Kier molecular flexibility index (Phi) is 3.68. The van der Waals surface area contributed by atoms with E-state index in [4.69, 9.17) is 5.73 Å². The van der Waals surface area contributed by atoms with E-state index in [0.717, 1.165) is 24.3 Å². The van der Waals surface area contributed by atoms with Gasteiger partial charge in [-0.05, 0) is 55.4 Å². The maximum atomic E-state index is 12.8. The lowest BCUT2D eigenvalue weighted by atomic mass is 10.0. The van der Waals surface area contributed by atoms with Crippen molar-refractivity contribution >= 4 is 17.3 Å². The van der Waals surface area contributed by atoms with Gasteiger partial charge in [0.25, 0.3) is 0 Å². The molecule has 3 nitrogen and oxygen atoms in total. The molecule has 2 N–H and O–H groups in total. The molecule has 1 amide bonds. The summed E-state index contributed by atoms with van der Waals surface area (Å²) in [5, 5.41) is 0. The predicted octanol–water partition coefficient (Wildman–Crippen LogP) is 3.45. The van der Waals surface area contributed by atoms with Crippen molar-refractivity contribution in [1.29, 1.82) is 0 Å². The molecule has 0 aliphatic heterocycles. The number of anilines is 2. The lowest BCUT2D eigenvalue weighted by Crippen LogP contribution is -2.33. The van der Waals surface area contributed by atoms with Gasteiger partial charge in [0.1, 0.15) is 0 Å². The van der Waals surface area contributed by atoms with Crippen LogP contribution in [0.1, 0.15) is 39.0 Å². The van der Waals surface area contributed by atoms with E-state index in [2.05, 4.69) is 6.92 Å². The summed E-state index contributed by atoms with van der Waals surface area (Å²) < 4.78 is 0. The Hall–Kier alpha value is -1.51. The van der Waals surface area contributed by atoms with Crippen LogP contribution in [0, 0.1) is 17.8 Å². The first-order valence-electron chi connectivity index (χ1n) is 7.89. The van der Waals surface area contributed by atoms with Gasteiger partial charge < -0.3 is 10.6 Å². The van der Waals surface area contributed by atoms with Crippen LogP contribution in [0.4, 0.5) is 11.4 Å². The SMILES string of the molecule is CCCN(C(=O)C1C2CCCCC21)c1ccc(N)cc1. The molecule has 20 heavy (non-hydrogen) atoms. The second kappa shape index (κ2) is 5.47. The molecule has 0 bridgehead atoms. The van der Waals surface area contributed by atoms with E-state index in [9.17, 15) is 4.79 Å². The monoisotopic (exact) mass is 272 g/mol. The van der Waals surface area contributed by atoms with Gasteiger partial charge in [0.05, 0.1) is 0 Å². The van der Waals surface area contributed by atoms with Crippen LogP contribution in [0.2, 0.25) is 0 Å². The average Bonchev–Trinajstić information content (AvgIpc) is 3.19. The van der Waals surface area contributed by atoms with Gasteiger partial charge in [-0.1, -0.05) is 19.8 Å². The van der Waals surface area contributed by atoms with Gasteiger partial charge in [-0.3, -0.25) is 4.79 Å². The van der Waals surface area contributed by atoms with Crippen molar-refractivity contribution in [2.24, 2.45) is 17.8 Å². The normalized spacial score (nSPS) is 27.8. The zero-order chi connectivity index (χ0) is 14.1. The number of nitrogens with zero attached hydrogens (tertiary/aromatic N) is 1. The highest BCUT2D eigenvalue weighted by Crippen LogP contribution is 2.56. The molecular formula is C17H24N2O. The van der Waals surface area contributed by atoms with E-state index >= 15 is 0 Å². The van der Waals surface area contributed by atoms with Crippen LogP contribution in [0.15, 0.2) is 24.3 Å². The van der Waals surface area contributed by atoms with Crippen molar-refractivity contribution in [2.75, 3.05) is 17.2 Å². The standard InChI is InChI=1S/C17H24N2O/c1-2-11-19(13-9-7-12(18)8-10-13)17(20)16-14-5-3-4-6-15(14)16/h7-10,14-16H,2-6,11,18H2,1H3. The second-order valence-corrected chi connectivity index (χ2v) is 6.22. The summed E-state index contributed by atoms with van der Waals surface area (Å²) in [6, 6.07) is 7.69. The number of carbonyl (C=O) groups excluding carboxylic acids is 1. The minimum atomic E-state index is 0.293. The van der Waals surface area contributed by atoms with E-state index in [1.165, 1.54) is 25.7 Å². The molecule has 3 heteroatoms. The highest BCUT2D eigenvalue weighted by Gasteiger charge is 2.55. The molecule has 0 aromatic heterocycles. The third kappa shape index (κ3) is 2.41. The number of benzene rings is 1. The molecule has 1 aromatic rings. The van der Waals surface area contributed by atoms with E-state index in [1.807, 2.05) is 29.2 Å². The average molecular weight is 272 g/mol. The summed E-state index contributed by atoms with van der Waals surface area (Å²) in [6.45, 7) is 2.93. The molecule has 2 saturated carbocycles. The summed E-state index contributed by atoms with van der Waals surface area (Å²) >= 11 is 0. The van der Waals surface area contributed by atoms with Crippen molar-refractivity contribution < 1.29 is 4.79 Å². The number of nitrogens with two attached hydrogens (primary N) is 1. The van der Waals surface area contributed by atoms with Crippen molar-refractivity contribution in [3.8, 4) is 0 Å². The van der Waals surface area contributed by atoms with Gasteiger partial charge in [-0.15, -0.1) is 0 Å². The molecule has 3 rings (SSSR count). The van der Waals surface area contributed by atoms with Crippen molar-refractivity contribution in [1.82, 2.24) is 0 Å². The number of amides is 1. The molecule has 0 heterocycles. The van der Waals surface area contributed by atoms with Gasteiger partial charge in [0.15, 0.2) is 0 Å². The first-order chi connectivity index (χ1) is 9.72. The molecule has 1 aromatic carbocycles.